The molecule has 0 fully saturated rings. The summed E-state index contributed by atoms with van der Waals surface area (Å²) in [5.74, 6) is 0.736. The van der Waals surface area contributed by atoms with E-state index in [2.05, 4.69) is 0 Å². The molecule has 0 N–H and O–H groups in total. The predicted molar refractivity (Wildman–Crippen MR) is 117 cm³/mol. The van der Waals surface area contributed by atoms with E-state index >= 15 is 0 Å². The zero-order valence-corrected chi connectivity index (χ0v) is 17.5. The summed E-state index contributed by atoms with van der Waals surface area (Å²) >= 11 is 1.76. The van der Waals surface area contributed by atoms with Crippen LogP contribution in [0.2, 0.25) is 0 Å². The van der Waals surface area contributed by atoms with Crippen LogP contribution in [-0.2, 0) is 15.6 Å². The molecule has 4 rings (SSSR count). The Kier molecular flexibility index (Phi) is 5.74. The van der Waals surface area contributed by atoms with Crippen molar-refractivity contribution in [3.63, 3.8) is 0 Å². The minimum atomic E-state index is -3.46. The number of thioether (sulfide) groups is 1. The molecule has 0 unspecified atom stereocenters. The summed E-state index contributed by atoms with van der Waals surface area (Å²) in [4.78, 5) is 16.5. The van der Waals surface area contributed by atoms with Crippen molar-refractivity contribution in [2.75, 3.05) is 17.2 Å². The molecule has 0 spiro atoms. The Morgan fingerprint density at radius 2 is 1.69 bits per heavy atom. The van der Waals surface area contributed by atoms with Crippen LogP contribution in [0, 0.1) is 0 Å². The first kappa shape index (κ1) is 19.7. The van der Waals surface area contributed by atoms with Crippen molar-refractivity contribution < 1.29 is 13.2 Å². The van der Waals surface area contributed by atoms with Gasteiger partial charge in [0.15, 0.2) is 9.84 Å². The van der Waals surface area contributed by atoms with E-state index in [1.807, 2.05) is 24.3 Å². The van der Waals surface area contributed by atoms with Crippen molar-refractivity contribution in [3.8, 4) is 0 Å². The number of rotatable bonds is 4. The largest absolute Gasteiger partial charge is 0.307 e. The van der Waals surface area contributed by atoms with Crippen molar-refractivity contribution in [2.24, 2.45) is 0 Å². The Morgan fingerprint density at radius 1 is 0.931 bits per heavy atom. The van der Waals surface area contributed by atoms with Gasteiger partial charge in [0.05, 0.1) is 16.3 Å². The predicted octanol–water partition coefficient (Wildman–Crippen LogP) is 4.80. The first-order valence-electron chi connectivity index (χ1n) is 9.45. The van der Waals surface area contributed by atoms with Crippen molar-refractivity contribution in [1.82, 2.24) is 0 Å². The minimum absolute atomic E-state index is 0.0982. The molecular formula is C23H21NO3S2. The maximum absolute atomic E-state index is 13.3. The number of hydrogen-bond acceptors (Lipinski definition) is 4. The van der Waals surface area contributed by atoms with E-state index in [9.17, 15) is 13.2 Å². The van der Waals surface area contributed by atoms with Crippen LogP contribution in [0.1, 0.15) is 22.3 Å². The van der Waals surface area contributed by atoms with Crippen LogP contribution in [0.25, 0.3) is 0 Å². The highest BCUT2D eigenvalue weighted by molar-refractivity contribution is 7.99. The smallest absolute Gasteiger partial charge is 0.258 e. The second kappa shape index (κ2) is 8.43. The lowest BCUT2D eigenvalue weighted by atomic mass is 10.1. The molecule has 3 aromatic carbocycles. The third-order valence-corrected chi connectivity index (χ3v) is 7.67. The van der Waals surface area contributed by atoms with Crippen LogP contribution in [0.3, 0.4) is 0 Å². The fourth-order valence-electron chi connectivity index (χ4n) is 3.42. The first-order chi connectivity index (χ1) is 14.0. The summed E-state index contributed by atoms with van der Waals surface area (Å²) in [5, 5.41) is 0. The maximum Gasteiger partial charge on any atom is 0.258 e. The van der Waals surface area contributed by atoms with E-state index in [4.69, 9.17) is 0 Å². The number of benzene rings is 3. The number of amides is 1. The number of hydrogen-bond donors (Lipinski definition) is 0. The van der Waals surface area contributed by atoms with Gasteiger partial charge in [0.1, 0.15) is 0 Å². The van der Waals surface area contributed by atoms with Gasteiger partial charge in [-0.25, -0.2) is 8.42 Å². The molecule has 0 aliphatic carbocycles. The van der Waals surface area contributed by atoms with Crippen LogP contribution >= 0.6 is 11.8 Å². The standard InChI is InChI=1S/C23H21NO3S2/c25-23(24-14-7-15-28-22-13-5-4-12-21(22)24)19-9-6-8-18(16-19)17-29(26,27)20-10-2-1-3-11-20/h1-6,8-13,16H,7,14-15,17H2. The van der Waals surface area contributed by atoms with Gasteiger partial charge in [-0.2, -0.15) is 0 Å². The second-order valence-corrected chi connectivity index (χ2v) is 10.0. The number of carbonyl (C=O) groups excluding carboxylic acids is 1. The summed E-state index contributed by atoms with van der Waals surface area (Å²) in [6, 6.07) is 23.3. The maximum atomic E-state index is 13.3. The van der Waals surface area contributed by atoms with Crippen LogP contribution < -0.4 is 4.90 Å². The Morgan fingerprint density at radius 3 is 2.52 bits per heavy atom. The van der Waals surface area contributed by atoms with E-state index in [0.717, 1.165) is 22.8 Å². The molecule has 1 heterocycles. The summed E-state index contributed by atoms with van der Waals surface area (Å²) in [5.41, 5.74) is 2.03. The van der Waals surface area contributed by atoms with Gasteiger partial charge in [0.2, 0.25) is 0 Å². The van der Waals surface area contributed by atoms with Gasteiger partial charge >= 0.3 is 0 Å². The molecule has 29 heavy (non-hydrogen) atoms. The third kappa shape index (κ3) is 4.38. The zero-order valence-electron chi connectivity index (χ0n) is 15.8. The summed E-state index contributed by atoms with van der Waals surface area (Å²) < 4.78 is 25.4. The van der Waals surface area contributed by atoms with Gasteiger partial charge < -0.3 is 4.90 Å². The van der Waals surface area contributed by atoms with E-state index in [-0.39, 0.29) is 16.6 Å². The molecule has 0 atom stereocenters. The topological polar surface area (TPSA) is 54.5 Å². The molecule has 0 bridgehead atoms. The Hall–Kier alpha value is -2.57. The van der Waals surface area contributed by atoms with Crippen LogP contribution in [-0.4, -0.2) is 26.6 Å². The summed E-state index contributed by atoms with van der Waals surface area (Å²) in [7, 11) is -3.46. The number of para-hydroxylation sites is 1. The van der Waals surface area contributed by atoms with Crippen molar-refractivity contribution >= 4 is 33.2 Å². The van der Waals surface area contributed by atoms with Crippen LogP contribution in [0.5, 0.6) is 0 Å². The molecule has 0 saturated heterocycles. The molecule has 1 amide bonds. The number of carbonyl (C=O) groups is 1. The number of nitrogens with zero attached hydrogens (tertiary/aromatic N) is 1. The lowest BCUT2D eigenvalue weighted by Gasteiger charge is -2.22. The average Bonchev–Trinajstić information content (AvgIpc) is 2.96. The Labute approximate surface area is 175 Å². The molecule has 0 radical (unpaired) electrons. The lowest BCUT2D eigenvalue weighted by molar-refractivity contribution is 0.0986. The SMILES string of the molecule is O=C(c1cccc(CS(=O)(=O)c2ccccc2)c1)N1CCCSc2ccccc21. The summed E-state index contributed by atoms with van der Waals surface area (Å²) in [6.07, 6.45) is 0.910. The number of fused-ring (bicyclic) bond motifs is 1. The van der Waals surface area contributed by atoms with Gasteiger partial charge in [0, 0.05) is 17.0 Å². The van der Waals surface area contributed by atoms with E-state index in [0.29, 0.717) is 17.7 Å². The quantitative estimate of drug-likeness (QED) is 0.605. The lowest BCUT2D eigenvalue weighted by Crippen LogP contribution is -2.31. The van der Waals surface area contributed by atoms with Gasteiger partial charge in [0.25, 0.3) is 5.91 Å². The fourth-order valence-corrected chi connectivity index (χ4v) is 5.77. The van der Waals surface area contributed by atoms with E-state index in [1.54, 1.807) is 71.3 Å². The Balaban J connectivity index is 1.62. The molecule has 3 aromatic rings. The summed E-state index contributed by atoms with van der Waals surface area (Å²) in [6.45, 7) is 0.648. The molecule has 0 aromatic heterocycles. The number of sulfone groups is 1. The average molecular weight is 424 g/mol. The molecule has 0 saturated carbocycles. The highest BCUT2D eigenvalue weighted by atomic mass is 32.2. The van der Waals surface area contributed by atoms with Gasteiger partial charge in [-0.05, 0) is 54.1 Å². The molecule has 148 valence electrons. The molecule has 1 aliphatic rings. The van der Waals surface area contributed by atoms with Crippen LogP contribution in [0.4, 0.5) is 5.69 Å². The molecule has 1 aliphatic heterocycles. The monoisotopic (exact) mass is 423 g/mol. The van der Waals surface area contributed by atoms with E-state index in [1.165, 1.54) is 0 Å². The number of anilines is 1. The van der Waals surface area contributed by atoms with Crippen molar-refractivity contribution in [2.45, 2.75) is 22.0 Å². The molecular weight excluding hydrogens is 402 g/mol. The highest BCUT2D eigenvalue weighted by Gasteiger charge is 2.23. The van der Waals surface area contributed by atoms with Gasteiger partial charge in [-0.1, -0.05) is 42.5 Å². The first-order valence-corrected chi connectivity index (χ1v) is 12.1. The molecule has 6 heteroatoms. The minimum Gasteiger partial charge on any atom is -0.307 e. The highest BCUT2D eigenvalue weighted by Crippen LogP contribution is 2.34. The van der Waals surface area contributed by atoms with E-state index < -0.39 is 9.84 Å². The van der Waals surface area contributed by atoms with Crippen LogP contribution in [0.15, 0.2) is 88.7 Å². The second-order valence-electron chi connectivity index (χ2n) is 6.90. The third-order valence-electron chi connectivity index (χ3n) is 4.82. The van der Waals surface area contributed by atoms with Gasteiger partial charge in [-0.15, -0.1) is 11.8 Å². The van der Waals surface area contributed by atoms with Gasteiger partial charge in [-0.3, -0.25) is 4.79 Å². The van der Waals surface area contributed by atoms with Crippen molar-refractivity contribution in [3.05, 3.63) is 90.0 Å². The fraction of sp³-hybridized carbons (Fsp3) is 0.174. The Bertz CT molecular complexity index is 1130. The van der Waals surface area contributed by atoms with Crippen molar-refractivity contribution in [1.29, 1.82) is 0 Å². The zero-order chi connectivity index (χ0) is 20.3. The normalized spacial score (nSPS) is 14.1. The molecule has 4 nitrogen and oxygen atoms in total.